The van der Waals surface area contributed by atoms with Crippen molar-refractivity contribution in [1.82, 2.24) is 15.3 Å². The maximum absolute atomic E-state index is 13.6. The van der Waals surface area contributed by atoms with E-state index in [0.717, 1.165) is 13.0 Å². The number of halogens is 2. The fraction of sp³-hybridized carbons (Fsp3) is 0.120. The highest BCUT2D eigenvalue weighted by molar-refractivity contribution is 6.45. The molecule has 5 rings (SSSR count). The third-order valence-corrected chi connectivity index (χ3v) is 6.01. The number of hydrogen-bond donors (Lipinski definition) is 4. The summed E-state index contributed by atoms with van der Waals surface area (Å²) in [5.74, 6) is -0.371. The molecule has 12 heteroatoms. The van der Waals surface area contributed by atoms with Gasteiger partial charge in [-0.15, -0.1) is 0 Å². The van der Waals surface area contributed by atoms with Crippen molar-refractivity contribution < 1.29 is 18.6 Å². The standard InChI is InChI=1S/C25H20BClFN6O3/c1-12-3-5-16(17(27)9-12)22-21(23(35)32-20-10-14(26-36)7-8-29-20)13(2)30-24(33-22)34-25-31-18-6-4-15(28)11-19(18)37-25/h3-11,22,36H,1-2H3,(H,29,32,35)(H2,30,31,33,34). The van der Waals surface area contributed by atoms with Crippen LogP contribution in [-0.2, 0) is 4.79 Å². The topological polar surface area (TPSA) is 125 Å². The summed E-state index contributed by atoms with van der Waals surface area (Å²) in [6, 6.07) is 12.0. The van der Waals surface area contributed by atoms with Crippen LogP contribution in [-0.4, -0.2) is 34.3 Å². The molecule has 0 bridgehead atoms. The number of carbonyl (C=O) groups is 1. The number of guanidine groups is 1. The molecule has 0 aliphatic carbocycles. The Morgan fingerprint density at radius 1 is 1.19 bits per heavy atom. The molecule has 3 heterocycles. The van der Waals surface area contributed by atoms with E-state index in [4.69, 9.17) is 21.0 Å². The number of carbonyl (C=O) groups excluding carboxylic acids is 1. The van der Waals surface area contributed by atoms with Gasteiger partial charge in [-0.1, -0.05) is 23.7 Å². The molecule has 0 saturated carbocycles. The van der Waals surface area contributed by atoms with Gasteiger partial charge in [0.1, 0.15) is 23.2 Å². The smallest absolute Gasteiger partial charge is 0.326 e. The Kier molecular flexibility index (Phi) is 6.64. The summed E-state index contributed by atoms with van der Waals surface area (Å²) < 4.78 is 19.2. The van der Waals surface area contributed by atoms with E-state index < -0.39 is 17.8 Å². The normalized spacial score (nSPS) is 15.3. The number of aliphatic imine (C=N–C) groups is 1. The van der Waals surface area contributed by atoms with E-state index >= 15 is 0 Å². The van der Waals surface area contributed by atoms with Gasteiger partial charge in [-0.25, -0.2) is 14.4 Å². The minimum absolute atomic E-state index is 0.0996. The Hall–Kier alpha value is -4.22. The minimum atomic E-state index is -0.786. The van der Waals surface area contributed by atoms with Crippen LogP contribution in [0.4, 0.5) is 16.2 Å². The zero-order valence-electron chi connectivity index (χ0n) is 19.7. The Morgan fingerprint density at radius 2 is 2.03 bits per heavy atom. The molecule has 1 aliphatic heterocycles. The molecule has 9 nitrogen and oxygen atoms in total. The quantitative estimate of drug-likeness (QED) is 0.298. The highest BCUT2D eigenvalue weighted by Crippen LogP contribution is 2.36. The van der Waals surface area contributed by atoms with Crippen molar-refractivity contribution in [2.75, 3.05) is 10.6 Å². The lowest BCUT2D eigenvalue weighted by Crippen LogP contribution is -2.37. The lowest BCUT2D eigenvalue weighted by Gasteiger charge is -2.27. The molecule has 4 aromatic rings. The molecule has 1 aliphatic rings. The average molecular weight is 518 g/mol. The molecular formula is C25H20BClFN6O3. The second kappa shape index (κ2) is 10.0. The van der Waals surface area contributed by atoms with Crippen LogP contribution < -0.4 is 21.4 Å². The molecule has 1 radical (unpaired) electrons. The van der Waals surface area contributed by atoms with E-state index in [1.54, 1.807) is 19.1 Å². The van der Waals surface area contributed by atoms with E-state index in [9.17, 15) is 14.2 Å². The lowest BCUT2D eigenvalue weighted by atomic mass is 9.90. The molecule has 0 fully saturated rings. The molecule has 1 atom stereocenters. The van der Waals surface area contributed by atoms with Crippen LogP contribution in [0.2, 0.25) is 5.02 Å². The molecule has 4 N–H and O–H groups in total. The monoisotopic (exact) mass is 517 g/mol. The largest absolute Gasteiger partial charge is 0.450 e. The number of aromatic nitrogens is 2. The Balaban J connectivity index is 1.50. The molecule has 2 aromatic heterocycles. The van der Waals surface area contributed by atoms with E-state index in [0.29, 0.717) is 32.8 Å². The number of anilines is 2. The summed E-state index contributed by atoms with van der Waals surface area (Å²) in [6.45, 7) is 3.64. The molecule has 185 valence electrons. The molecule has 0 saturated heterocycles. The van der Waals surface area contributed by atoms with Crippen molar-refractivity contribution >= 4 is 59.3 Å². The molecule has 1 amide bonds. The van der Waals surface area contributed by atoms with Crippen LogP contribution in [0.1, 0.15) is 24.1 Å². The molecular weight excluding hydrogens is 498 g/mol. The molecule has 37 heavy (non-hydrogen) atoms. The Labute approximate surface area is 216 Å². The van der Waals surface area contributed by atoms with Gasteiger partial charge in [-0.2, -0.15) is 4.98 Å². The number of rotatable bonds is 5. The van der Waals surface area contributed by atoms with Crippen LogP contribution in [0.25, 0.3) is 11.1 Å². The van der Waals surface area contributed by atoms with Crippen molar-refractivity contribution in [1.29, 1.82) is 0 Å². The van der Waals surface area contributed by atoms with Crippen molar-refractivity contribution in [3.8, 4) is 0 Å². The summed E-state index contributed by atoms with van der Waals surface area (Å²) >= 11 is 6.58. The first-order valence-electron chi connectivity index (χ1n) is 11.2. The van der Waals surface area contributed by atoms with Crippen LogP contribution in [0, 0.1) is 12.7 Å². The van der Waals surface area contributed by atoms with E-state index in [1.807, 2.05) is 19.1 Å². The summed E-state index contributed by atoms with van der Waals surface area (Å²) in [6.07, 6.45) is 1.47. The summed E-state index contributed by atoms with van der Waals surface area (Å²) in [5.41, 5.74) is 3.62. The van der Waals surface area contributed by atoms with Crippen LogP contribution in [0.3, 0.4) is 0 Å². The van der Waals surface area contributed by atoms with E-state index in [2.05, 4.69) is 25.9 Å². The van der Waals surface area contributed by atoms with Gasteiger partial charge in [-0.05, 0) is 55.2 Å². The predicted octanol–water partition coefficient (Wildman–Crippen LogP) is 3.59. The highest BCUT2D eigenvalue weighted by Gasteiger charge is 2.31. The summed E-state index contributed by atoms with van der Waals surface area (Å²) in [4.78, 5) is 26.6. The van der Waals surface area contributed by atoms with Gasteiger partial charge in [0.2, 0.25) is 5.96 Å². The number of oxazole rings is 1. The second-order valence-corrected chi connectivity index (χ2v) is 8.79. The SMILES string of the molecule is CC1=C(C(=O)Nc2cc([B]O)ccn2)C(c2ccc(C)cc2Cl)N=C(Nc2nc3ccc(F)cc3o2)N1. The highest BCUT2D eigenvalue weighted by atomic mass is 35.5. The molecule has 0 spiro atoms. The first-order valence-corrected chi connectivity index (χ1v) is 11.6. The molecule has 1 unspecified atom stereocenters. The van der Waals surface area contributed by atoms with Gasteiger partial charge < -0.3 is 20.1 Å². The van der Waals surface area contributed by atoms with Gasteiger partial charge in [0, 0.05) is 28.5 Å². The van der Waals surface area contributed by atoms with Gasteiger partial charge in [0.15, 0.2) is 5.58 Å². The van der Waals surface area contributed by atoms with Crippen LogP contribution in [0.15, 0.2) is 75.4 Å². The predicted molar refractivity (Wildman–Crippen MR) is 140 cm³/mol. The zero-order valence-corrected chi connectivity index (χ0v) is 20.5. The number of hydrogen-bond acceptors (Lipinski definition) is 8. The second-order valence-electron chi connectivity index (χ2n) is 8.38. The van der Waals surface area contributed by atoms with Gasteiger partial charge in [-0.3, -0.25) is 10.1 Å². The van der Waals surface area contributed by atoms with E-state index in [1.165, 1.54) is 30.5 Å². The minimum Gasteiger partial charge on any atom is -0.450 e. The average Bonchev–Trinajstić information content (AvgIpc) is 3.25. The maximum Gasteiger partial charge on any atom is 0.326 e. The fourth-order valence-electron chi connectivity index (χ4n) is 3.95. The number of pyridine rings is 1. The number of benzene rings is 2. The third kappa shape index (κ3) is 5.18. The third-order valence-electron chi connectivity index (χ3n) is 5.69. The number of allylic oxidation sites excluding steroid dienone is 1. The maximum atomic E-state index is 13.6. The Bertz CT molecular complexity index is 1590. The fourth-order valence-corrected chi connectivity index (χ4v) is 4.28. The number of nitrogens with one attached hydrogen (secondary N) is 3. The zero-order chi connectivity index (χ0) is 26.1. The van der Waals surface area contributed by atoms with Gasteiger partial charge >= 0.3 is 13.5 Å². The van der Waals surface area contributed by atoms with Crippen LogP contribution >= 0.6 is 11.6 Å². The number of nitrogens with zero attached hydrogens (tertiary/aromatic N) is 3. The van der Waals surface area contributed by atoms with Crippen molar-refractivity contribution in [2.45, 2.75) is 19.9 Å². The van der Waals surface area contributed by atoms with Crippen LogP contribution in [0.5, 0.6) is 0 Å². The van der Waals surface area contributed by atoms with E-state index in [-0.39, 0.29) is 23.4 Å². The lowest BCUT2D eigenvalue weighted by molar-refractivity contribution is -0.113. The number of fused-ring (bicyclic) bond motifs is 1. The summed E-state index contributed by atoms with van der Waals surface area (Å²) in [5, 5.41) is 18.5. The Morgan fingerprint density at radius 3 is 2.81 bits per heavy atom. The van der Waals surface area contributed by atoms with Gasteiger partial charge in [0.25, 0.3) is 5.91 Å². The first kappa shape index (κ1) is 24.5. The van der Waals surface area contributed by atoms with Crippen molar-refractivity contribution in [2.24, 2.45) is 4.99 Å². The van der Waals surface area contributed by atoms with Crippen molar-refractivity contribution in [3.05, 3.63) is 88.0 Å². The molecule has 2 aromatic carbocycles. The van der Waals surface area contributed by atoms with Gasteiger partial charge in [0.05, 0.1) is 5.57 Å². The summed E-state index contributed by atoms with van der Waals surface area (Å²) in [7, 11) is 0.918. The number of aryl methyl sites for hydroxylation is 1. The number of amides is 1. The first-order chi connectivity index (χ1) is 17.8. The van der Waals surface area contributed by atoms with Crippen molar-refractivity contribution in [3.63, 3.8) is 0 Å².